The summed E-state index contributed by atoms with van der Waals surface area (Å²) < 4.78 is 5.49. The minimum absolute atomic E-state index is 0.0314. The zero-order valence-electron chi connectivity index (χ0n) is 12.3. The number of nitrogens with two attached hydrogens (primary N) is 1. The van der Waals surface area contributed by atoms with Gasteiger partial charge in [-0.05, 0) is 49.2 Å². The van der Waals surface area contributed by atoms with Crippen LogP contribution in [-0.2, 0) is 4.79 Å². The van der Waals surface area contributed by atoms with Crippen molar-refractivity contribution >= 4 is 11.6 Å². The third-order valence-corrected chi connectivity index (χ3v) is 3.06. The molecule has 0 heterocycles. The highest BCUT2D eigenvalue weighted by Gasteiger charge is 2.05. The first kappa shape index (κ1) is 15.1. The molecule has 0 saturated carbocycles. The van der Waals surface area contributed by atoms with Crippen LogP contribution in [-0.4, -0.2) is 12.5 Å². The van der Waals surface area contributed by atoms with E-state index in [4.69, 9.17) is 10.5 Å². The zero-order valence-corrected chi connectivity index (χ0v) is 12.3. The molecular formula is C17H20N2O2. The van der Waals surface area contributed by atoms with Gasteiger partial charge < -0.3 is 15.8 Å². The van der Waals surface area contributed by atoms with Gasteiger partial charge in [-0.1, -0.05) is 24.3 Å². The lowest BCUT2D eigenvalue weighted by atomic mass is 10.1. The second-order valence-electron chi connectivity index (χ2n) is 5.07. The highest BCUT2D eigenvalue weighted by Crippen LogP contribution is 2.17. The Balaban J connectivity index is 1.90. The van der Waals surface area contributed by atoms with E-state index in [1.165, 1.54) is 0 Å². The van der Waals surface area contributed by atoms with Crippen LogP contribution in [0.3, 0.4) is 0 Å². The summed E-state index contributed by atoms with van der Waals surface area (Å²) in [4.78, 5) is 11.9. The normalized spacial score (nSPS) is 11.8. The number of carbonyl (C=O) groups excluding carboxylic acids is 1. The number of nitrogens with one attached hydrogen (secondary N) is 1. The second kappa shape index (κ2) is 6.90. The predicted molar refractivity (Wildman–Crippen MR) is 84.3 cm³/mol. The van der Waals surface area contributed by atoms with Crippen molar-refractivity contribution in [3.05, 3.63) is 59.7 Å². The first-order valence-electron chi connectivity index (χ1n) is 6.89. The summed E-state index contributed by atoms with van der Waals surface area (Å²) in [5.41, 5.74) is 8.67. The standard InChI is InChI=1S/C17H20N2O2/c1-12-5-3-7-15(9-12)19-17(20)11-21-16-8-4-6-14(10-16)13(2)18/h3-10,13H,11,18H2,1-2H3,(H,19,20)/t13-/m0/s1. The van der Waals surface area contributed by atoms with Gasteiger partial charge in [-0.25, -0.2) is 0 Å². The SMILES string of the molecule is Cc1cccc(NC(=O)COc2cccc([C@H](C)N)c2)c1. The van der Waals surface area contributed by atoms with Crippen LogP contribution >= 0.6 is 0 Å². The summed E-state index contributed by atoms with van der Waals surface area (Å²) in [5, 5.41) is 2.80. The Morgan fingerprint density at radius 2 is 2.00 bits per heavy atom. The lowest BCUT2D eigenvalue weighted by molar-refractivity contribution is -0.118. The molecule has 4 heteroatoms. The largest absolute Gasteiger partial charge is 0.484 e. The average molecular weight is 284 g/mol. The Hall–Kier alpha value is -2.33. The van der Waals surface area contributed by atoms with Crippen LogP contribution in [0.25, 0.3) is 0 Å². The van der Waals surface area contributed by atoms with Gasteiger partial charge in [0, 0.05) is 11.7 Å². The van der Waals surface area contributed by atoms with Gasteiger partial charge in [0.25, 0.3) is 5.91 Å². The van der Waals surface area contributed by atoms with Gasteiger partial charge in [-0.2, -0.15) is 0 Å². The van der Waals surface area contributed by atoms with Crippen molar-refractivity contribution in [2.45, 2.75) is 19.9 Å². The van der Waals surface area contributed by atoms with E-state index < -0.39 is 0 Å². The minimum Gasteiger partial charge on any atom is -0.484 e. The highest BCUT2D eigenvalue weighted by atomic mass is 16.5. The summed E-state index contributed by atoms with van der Waals surface area (Å²) in [7, 11) is 0. The summed E-state index contributed by atoms with van der Waals surface area (Å²) in [6, 6.07) is 15.0. The molecule has 0 saturated heterocycles. The maximum absolute atomic E-state index is 11.9. The smallest absolute Gasteiger partial charge is 0.262 e. The summed E-state index contributed by atoms with van der Waals surface area (Å²) in [5.74, 6) is 0.455. The topological polar surface area (TPSA) is 64.3 Å². The molecule has 0 aliphatic rings. The Bertz CT molecular complexity index is 624. The average Bonchev–Trinajstić information content (AvgIpc) is 2.45. The molecule has 2 rings (SSSR count). The van der Waals surface area contributed by atoms with E-state index in [1.54, 1.807) is 0 Å². The number of carbonyl (C=O) groups is 1. The number of ether oxygens (including phenoxy) is 1. The Morgan fingerprint density at radius 3 is 2.71 bits per heavy atom. The van der Waals surface area contributed by atoms with Crippen LogP contribution in [0.4, 0.5) is 5.69 Å². The maximum atomic E-state index is 11.9. The maximum Gasteiger partial charge on any atom is 0.262 e. The molecule has 4 nitrogen and oxygen atoms in total. The van der Waals surface area contributed by atoms with Crippen LogP contribution in [0.1, 0.15) is 24.1 Å². The molecule has 0 bridgehead atoms. The van der Waals surface area contributed by atoms with Gasteiger partial charge in [0.05, 0.1) is 0 Å². The summed E-state index contributed by atoms with van der Waals surface area (Å²) in [6.07, 6.45) is 0. The third kappa shape index (κ3) is 4.61. The van der Waals surface area contributed by atoms with E-state index in [9.17, 15) is 4.79 Å². The van der Waals surface area contributed by atoms with Gasteiger partial charge in [0.15, 0.2) is 6.61 Å². The predicted octanol–water partition coefficient (Wildman–Crippen LogP) is 3.03. The molecule has 2 aromatic rings. The lowest BCUT2D eigenvalue weighted by Gasteiger charge is -2.10. The van der Waals surface area contributed by atoms with Gasteiger partial charge in [0.1, 0.15) is 5.75 Å². The van der Waals surface area contributed by atoms with Crippen LogP contribution in [0.5, 0.6) is 5.75 Å². The molecule has 110 valence electrons. The molecule has 1 atom stereocenters. The van der Waals surface area contributed by atoms with Crippen LogP contribution in [0.15, 0.2) is 48.5 Å². The molecule has 21 heavy (non-hydrogen) atoms. The number of benzene rings is 2. The minimum atomic E-state index is -0.188. The van der Waals surface area contributed by atoms with Crippen molar-refractivity contribution in [3.8, 4) is 5.75 Å². The molecule has 0 unspecified atom stereocenters. The van der Waals surface area contributed by atoms with Gasteiger partial charge in [-0.3, -0.25) is 4.79 Å². The number of amides is 1. The molecule has 0 aromatic heterocycles. The van der Waals surface area contributed by atoms with E-state index in [2.05, 4.69) is 5.32 Å². The Morgan fingerprint density at radius 1 is 1.24 bits per heavy atom. The molecule has 0 spiro atoms. The molecule has 0 aliphatic heterocycles. The summed E-state index contributed by atoms with van der Waals surface area (Å²) in [6.45, 7) is 3.85. The molecule has 0 fully saturated rings. The lowest BCUT2D eigenvalue weighted by Crippen LogP contribution is -2.20. The van der Waals surface area contributed by atoms with Crippen molar-refractivity contribution in [2.75, 3.05) is 11.9 Å². The van der Waals surface area contributed by atoms with E-state index in [0.717, 1.165) is 16.8 Å². The third-order valence-electron chi connectivity index (χ3n) is 3.06. The van der Waals surface area contributed by atoms with Crippen LogP contribution < -0.4 is 15.8 Å². The van der Waals surface area contributed by atoms with Crippen molar-refractivity contribution in [1.29, 1.82) is 0 Å². The van der Waals surface area contributed by atoms with E-state index in [1.807, 2.05) is 62.4 Å². The second-order valence-corrected chi connectivity index (χ2v) is 5.07. The van der Waals surface area contributed by atoms with Gasteiger partial charge in [-0.15, -0.1) is 0 Å². The number of aryl methyl sites for hydroxylation is 1. The molecular weight excluding hydrogens is 264 g/mol. The Kier molecular flexibility index (Phi) is 4.95. The van der Waals surface area contributed by atoms with Gasteiger partial charge in [0.2, 0.25) is 0 Å². The highest BCUT2D eigenvalue weighted by molar-refractivity contribution is 5.91. The van der Waals surface area contributed by atoms with Crippen molar-refractivity contribution in [1.82, 2.24) is 0 Å². The number of rotatable bonds is 5. The fourth-order valence-corrected chi connectivity index (χ4v) is 1.96. The molecule has 3 N–H and O–H groups in total. The first-order chi connectivity index (χ1) is 10.0. The van der Waals surface area contributed by atoms with E-state index >= 15 is 0 Å². The monoisotopic (exact) mass is 284 g/mol. The Labute approximate surface area is 124 Å². The summed E-state index contributed by atoms with van der Waals surface area (Å²) >= 11 is 0. The van der Waals surface area contributed by atoms with Crippen molar-refractivity contribution in [3.63, 3.8) is 0 Å². The van der Waals surface area contributed by atoms with Crippen LogP contribution in [0.2, 0.25) is 0 Å². The van der Waals surface area contributed by atoms with Gasteiger partial charge >= 0.3 is 0 Å². The molecule has 0 aliphatic carbocycles. The molecule has 2 aromatic carbocycles. The number of hydrogen-bond acceptors (Lipinski definition) is 3. The fourth-order valence-electron chi connectivity index (χ4n) is 1.96. The van der Waals surface area contributed by atoms with Crippen molar-refractivity contribution in [2.24, 2.45) is 5.73 Å². The first-order valence-corrected chi connectivity index (χ1v) is 6.89. The van der Waals surface area contributed by atoms with Crippen LogP contribution in [0, 0.1) is 6.92 Å². The molecule has 1 amide bonds. The number of anilines is 1. The van der Waals surface area contributed by atoms with E-state index in [0.29, 0.717) is 5.75 Å². The van der Waals surface area contributed by atoms with Crippen molar-refractivity contribution < 1.29 is 9.53 Å². The zero-order chi connectivity index (χ0) is 15.2. The van der Waals surface area contributed by atoms with E-state index in [-0.39, 0.29) is 18.6 Å². The molecule has 0 radical (unpaired) electrons. The fraction of sp³-hybridized carbons (Fsp3) is 0.235. The number of hydrogen-bond donors (Lipinski definition) is 2. The quantitative estimate of drug-likeness (QED) is 0.887.